The van der Waals surface area contributed by atoms with Crippen LogP contribution in [0.4, 0.5) is 0 Å². The Morgan fingerprint density at radius 3 is 2.38 bits per heavy atom. The number of benzene rings is 4. The molecular weight excluding hydrogens is 420 g/mol. The van der Waals surface area contributed by atoms with Gasteiger partial charge in [0.05, 0.1) is 18.3 Å². The molecule has 5 nitrogen and oxygen atoms in total. The third kappa shape index (κ3) is 5.17. The van der Waals surface area contributed by atoms with E-state index >= 15 is 0 Å². The van der Waals surface area contributed by atoms with E-state index in [-0.39, 0.29) is 0 Å². The summed E-state index contributed by atoms with van der Waals surface area (Å²) >= 11 is 0. The van der Waals surface area contributed by atoms with Crippen molar-refractivity contribution in [3.05, 3.63) is 114 Å². The monoisotopic (exact) mass is 448 g/mol. The number of nitrogens with one attached hydrogen (secondary N) is 1. The van der Waals surface area contributed by atoms with Gasteiger partial charge in [0, 0.05) is 25.0 Å². The molecule has 0 amide bonds. The molecule has 34 heavy (non-hydrogen) atoms. The predicted molar refractivity (Wildman–Crippen MR) is 138 cm³/mol. The molecule has 5 rings (SSSR count). The summed E-state index contributed by atoms with van der Waals surface area (Å²) in [6.07, 6.45) is 1.93. The normalized spacial score (nSPS) is 11.1. The molecule has 0 bridgehead atoms. The van der Waals surface area contributed by atoms with Gasteiger partial charge >= 0.3 is 0 Å². The molecule has 0 unspecified atom stereocenters. The first kappa shape index (κ1) is 21.9. The maximum atomic E-state index is 6.00. The standard InChI is InChI=1S/C29H28N4O/c30-15-16-31-19-22-9-11-24(12-10-22)25-13-14-26-20-32-33(29(26)18-25)21-23-5-4-8-28(17-23)34-27-6-2-1-3-7-27/h1-14,17-18,20,31H,15-16,19,21,30H2. The largest absolute Gasteiger partial charge is 0.457 e. The average Bonchev–Trinajstić information content (AvgIpc) is 3.27. The smallest absolute Gasteiger partial charge is 0.127 e. The molecule has 4 aromatic carbocycles. The molecule has 0 saturated heterocycles. The van der Waals surface area contributed by atoms with Crippen molar-refractivity contribution in [2.45, 2.75) is 13.1 Å². The lowest BCUT2D eigenvalue weighted by atomic mass is 10.0. The lowest BCUT2D eigenvalue weighted by Crippen LogP contribution is -2.21. The van der Waals surface area contributed by atoms with Gasteiger partial charge in [-0.1, -0.05) is 66.7 Å². The van der Waals surface area contributed by atoms with Gasteiger partial charge in [0.25, 0.3) is 0 Å². The van der Waals surface area contributed by atoms with Crippen molar-refractivity contribution in [1.29, 1.82) is 0 Å². The summed E-state index contributed by atoms with van der Waals surface area (Å²) in [5.41, 5.74) is 11.4. The molecule has 170 valence electrons. The maximum absolute atomic E-state index is 6.00. The summed E-state index contributed by atoms with van der Waals surface area (Å²) in [5.74, 6) is 1.65. The van der Waals surface area contributed by atoms with Gasteiger partial charge < -0.3 is 15.8 Å². The molecule has 0 fully saturated rings. The van der Waals surface area contributed by atoms with Crippen LogP contribution in [0.3, 0.4) is 0 Å². The Morgan fingerprint density at radius 1 is 0.765 bits per heavy atom. The summed E-state index contributed by atoms with van der Waals surface area (Å²) in [7, 11) is 0. The van der Waals surface area contributed by atoms with E-state index in [1.165, 1.54) is 16.7 Å². The fraction of sp³-hybridized carbons (Fsp3) is 0.138. The van der Waals surface area contributed by atoms with E-state index in [1.807, 2.05) is 53.3 Å². The third-order valence-corrected chi connectivity index (χ3v) is 5.79. The van der Waals surface area contributed by atoms with Crippen molar-refractivity contribution in [3.8, 4) is 22.6 Å². The highest BCUT2D eigenvalue weighted by Crippen LogP contribution is 2.26. The Morgan fingerprint density at radius 2 is 1.56 bits per heavy atom. The fourth-order valence-corrected chi connectivity index (χ4v) is 4.03. The molecule has 0 atom stereocenters. The summed E-state index contributed by atoms with van der Waals surface area (Å²) in [4.78, 5) is 0. The van der Waals surface area contributed by atoms with Gasteiger partial charge in [-0.3, -0.25) is 4.68 Å². The summed E-state index contributed by atoms with van der Waals surface area (Å²) in [5, 5.41) is 9.11. The zero-order valence-corrected chi connectivity index (χ0v) is 19.0. The second kappa shape index (κ2) is 10.3. The minimum absolute atomic E-state index is 0.649. The minimum atomic E-state index is 0.649. The molecular formula is C29H28N4O. The van der Waals surface area contributed by atoms with Crippen LogP contribution in [0.2, 0.25) is 0 Å². The van der Waals surface area contributed by atoms with E-state index in [0.29, 0.717) is 13.1 Å². The lowest BCUT2D eigenvalue weighted by Gasteiger charge is -2.09. The molecule has 1 heterocycles. The van der Waals surface area contributed by atoms with Gasteiger partial charge in [0.2, 0.25) is 0 Å². The summed E-state index contributed by atoms with van der Waals surface area (Å²) < 4.78 is 8.05. The van der Waals surface area contributed by atoms with E-state index in [0.717, 1.165) is 41.1 Å². The van der Waals surface area contributed by atoms with E-state index in [9.17, 15) is 0 Å². The van der Waals surface area contributed by atoms with Gasteiger partial charge in [-0.2, -0.15) is 5.10 Å². The van der Waals surface area contributed by atoms with Crippen molar-refractivity contribution < 1.29 is 4.74 Å². The second-order valence-corrected chi connectivity index (χ2v) is 8.30. The average molecular weight is 449 g/mol. The van der Waals surface area contributed by atoms with Crippen LogP contribution in [-0.4, -0.2) is 22.9 Å². The summed E-state index contributed by atoms with van der Waals surface area (Å²) in [6.45, 7) is 2.97. The van der Waals surface area contributed by atoms with Gasteiger partial charge in [0.15, 0.2) is 0 Å². The third-order valence-electron chi connectivity index (χ3n) is 5.79. The Kier molecular flexibility index (Phi) is 6.66. The highest BCUT2D eigenvalue weighted by molar-refractivity contribution is 5.84. The van der Waals surface area contributed by atoms with Gasteiger partial charge in [-0.15, -0.1) is 0 Å². The Balaban J connectivity index is 1.35. The fourth-order valence-electron chi connectivity index (χ4n) is 4.03. The molecule has 3 N–H and O–H groups in total. The highest BCUT2D eigenvalue weighted by Gasteiger charge is 2.08. The Labute approximate surface area is 199 Å². The zero-order valence-electron chi connectivity index (χ0n) is 19.0. The van der Waals surface area contributed by atoms with Crippen molar-refractivity contribution in [2.24, 2.45) is 5.73 Å². The number of para-hydroxylation sites is 1. The van der Waals surface area contributed by atoms with Crippen LogP contribution in [-0.2, 0) is 13.1 Å². The molecule has 0 aliphatic carbocycles. The molecule has 1 aromatic heterocycles. The first-order valence-electron chi connectivity index (χ1n) is 11.6. The number of hydrogen-bond donors (Lipinski definition) is 2. The van der Waals surface area contributed by atoms with Crippen LogP contribution in [0, 0.1) is 0 Å². The number of hydrogen-bond acceptors (Lipinski definition) is 4. The number of ether oxygens (including phenoxy) is 1. The van der Waals surface area contributed by atoms with E-state index < -0.39 is 0 Å². The van der Waals surface area contributed by atoms with Gasteiger partial charge in [0.1, 0.15) is 11.5 Å². The lowest BCUT2D eigenvalue weighted by molar-refractivity contribution is 0.481. The van der Waals surface area contributed by atoms with Crippen LogP contribution in [0.15, 0.2) is 103 Å². The predicted octanol–water partition coefficient (Wildman–Crippen LogP) is 5.59. The zero-order chi connectivity index (χ0) is 23.2. The van der Waals surface area contributed by atoms with Crippen LogP contribution in [0.25, 0.3) is 22.0 Å². The first-order chi connectivity index (χ1) is 16.8. The van der Waals surface area contributed by atoms with Crippen molar-refractivity contribution in [1.82, 2.24) is 15.1 Å². The maximum Gasteiger partial charge on any atom is 0.127 e. The van der Waals surface area contributed by atoms with Crippen molar-refractivity contribution in [3.63, 3.8) is 0 Å². The number of fused-ring (bicyclic) bond motifs is 1. The molecule has 0 aliphatic rings. The molecule has 0 aliphatic heterocycles. The molecule has 0 saturated carbocycles. The van der Waals surface area contributed by atoms with Crippen LogP contribution in [0.5, 0.6) is 11.5 Å². The topological polar surface area (TPSA) is 65.1 Å². The number of rotatable bonds is 9. The number of nitrogens with zero attached hydrogens (tertiary/aromatic N) is 2. The first-order valence-corrected chi connectivity index (χ1v) is 11.6. The van der Waals surface area contributed by atoms with E-state index in [2.05, 4.69) is 65.0 Å². The van der Waals surface area contributed by atoms with Crippen LogP contribution >= 0.6 is 0 Å². The molecule has 0 spiro atoms. The Hall–Kier alpha value is -3.93. The van der Waals surface area contributed by atoms with Crippen molar-refractivity contribution >= 4 is 10.9 Å². The molecule has 5 aromatic rings. The number of aromatic nitrogens is 2. The van der Waals surface area contributed by atoms with Crippen molar-refractivity contribution in [2.75, 3.05) is 13.1 Å². The van der Waals surface area contributed by atoms with Gasteiger partial charge in [-0.25, -0.2) is 0 Å². The van der Waals surface area contributed by atoms with Gasteiger partial charge in [-0.05, 0) is 52.6 Å². The van der Waals surface area contributed by atoms with Crippen LogP contribution in [0.1, 0.15) is 11.1 Å². The molecule has 0 radical (unpaired) electrons. The quantitative estimate of drug-likeness (QED) is 0.288. The molecule has 5 heteroatoms. The Bertz CT molecular complexity index is 1360. The van der Waals surface area contributed by atoms with Crippen LogP contribution < -0.4 is 15.8 Å². The van der Waals surface area contributed by atoms with E-state index in [4.69, 9.17) is 10.5 Å². The highest BCUT2D eigenvalue weighted by atomic mass is 16.5. The minimum Gasteiger partial charge on any atom is -0.457 e. The van der Waals surface area contributed by atoms with E-state index in [1.54, 1.807) is 0 Å². The second-order valence-electron chi connectivity index (χ2n) is 8.30. The summed E-state index contributed by atoms with van der Waals surface area (Å²) in [6, 6.07) is 33.2. The number of nitrogens with two attached hydrogens (primary N) is 1. The SMILES string of the molecule is NCCNCc1ccc(-c2ccc3cnn(Cc4cccc(Oc5ccccc5)c4)c3c2)cc1.